The molecule has 0 heterocycles. The summed E-state index contributed by atoms with van der Waals surface area (Å²) in [4.78, 5) is 24.2. The quantitative estimate of drug-likeness (QED) is 0.417. The van der Waals surface area contributed by atoms with Crippen molar-refractivity contribution in [3.8, 4) is 11.5 Å². The number of carbonyl (C=O) groups excluding carboxylic acids is 2. The van der Waals surface area contributed by atoms with Gasteiger partial charge in [0.2, 0.25) is 0 Å². The topological polar surface area (TPSA) is 98.7 Å². The highest BCUT2D eigenvalue weighted by Gasteiger charge is 2.17. The van der Waals surface area contributed by atoms with Crippen molar-refractivity contribution >= 4 is 45.6 Å². The Balaban J connectivity index is 1.82. The molecule has 7 heteroatoms. The van der Waals surface area contributed by atoms with Gasteiger partial charge in [-0.05, 0) is 30.3 Å². The van der Waals surface area contributed by atoms with E-state index in [1.54, 1.807) is 30.3 Å². The van der Waals surface area contributed by atoms with Crippen molar-refractivity contribution in [2.24, 2.45) is 0 Å². The van der Waals surface area contributed by atoms with E-state index in [-0.39, 0.29) is 17.2 Å². The number of carbonyl (C=O) groups is 2. The van der Waals surface area contributed by atoms with Crippen molar-refractivity contribution in [1.82, 2.24) is 0 Å². The van der Waals surface area contributed by atoms with E-state index in [4.69, 9.17) is 11.6 Å². The first-order valence-corrected chi connectivity index (χ1v) is 7.65. The van der Waals surface area contributed by atoms with E-state index in [2.05, 4.69) is 10.6 Å². The van der Waals surface area contributed by atoms with E-state index in [1.807, 2.05) is 0 Å². The van der Waals surface area contributed by atoms with Gasteiger partial charge in [0.1, 0.15) is 11.5 Å². The van der Waals surface area contributed by atoms with Gasteiger partial charge in [0.25, 0.3) is 0 Å². The SMILES string of the molecule is O=C(Nc1cc(Cl)ccc1O)C(=O)Nc1cccc2c(O)cccc12. The summed E-state index contributed by atoms with van der Waals surface area (Å²) in [5.41, 5.74) is 0.409. The largest absolute Gasteiger partial charge is 0.507 e. The van der Waals surface area contributed by atoms with Crippen LogP contribution in [0.5, 0.6) is 11.5 Å². The van der Waals surface area contributed by atoms with Crippen LogP contribution in [0.15, 0.2) is 54.6 Å². The smallest absolute Gasteiger partial charge is 0.314 e. The van der Waals surface area contributed by atoms with E-state index < -0.39 is 11.8 Å². The van der Waals surface area contributed by atoms with Crippen molar-refractivity contribution in [2.45, 2.75) is 0 Å². The number of anilines is 2. The van der Waals surface area contributed by atoms with E-state index in [0.717, 1.165) is 0 Å². The highest BCUT2D eigenvalue weighted by Crippen LogP contribution is 2.30. The average Bonchev–Trinajstić information content (AvgIpc) is 2.59. The first-order valence-electron chi connectivity index (χ1n) is 7.27. The Morgan fingerprint density at radius 2 is 1.40 bits per heavy atom. The zero-order chi connectivity index (χ0) is 18.0. The first-order chi connectivity index (χ1) is 12.0. The van der Waals surface area contributed by atoms with Crippen molar-refractivity contribution in [1.29, 1.82) is 0 Å². The summed E-state index contributed by atoms with van der Waals surface area (Å²) in [6, 6.07) is 13.9. The van der Waals surface area contributed by atoms with Gasteiger partial charge in [-0.25, -0.2) is 0 Å². The third-order valence-corrected chi connectivity index (χ3v) is 3.80. The standard InChI is InChI=1S/C18H13ClN2O4/c19-10-7-8-16(23)14(9-10)21-18(25)17(24)20-13-5-1-4-12-11(13)3-2-6-15(12)22/h1-9,22-23H,(H,20,24)(H,21,25). The predicted octanol–water partition coefficient (Wildman–Crippen LogP) is 3.48. The van der Waals surface area contributed by atoms with Gasteiger partial charge < -0.3 is 20.8 Å². The third kappa shape index (κ3) is 3.49. The Hall–Kier alpha value is -3.25. The fourth-order valence-electron chi connectivity index (χ4n) is 2.37. The lowest BCUT2D eigenvalue weighted by molar-refractivity contribution is -0.132. The number of rotatable bonds is 2. The molecule has 0 aliphatic carbocycles. The second kappa shape index (κ2) is 6.70. The van der Waals surface area contributed by atoms with Crippen LogP contribution < -0.4 is 10.6 Å². The molecule has 0 fully saturated rings. The van der Waals surface area contributed by atoms with Crippen LogP contribution in [0.1, 0.15) is 0 Å². The van der Waals surface area contributed by atoms with Crippen LogP contribution in [0, 0.1) is 0 Å². The second-order valence-electron chi connectivity index (χ2n) is 5.25. The van der Waals surface area contributed by atoms with Crippen LogP contribution in [-0.2, 0) is 9.59 Å². The summed E-state index contributed by atoms with van der Waals surface area (Å²) in [5.74, 6) is -2.02. The number of fused-ring (bicyclic) bond motifs is 1. The van der Waals surface area contributed by atoms with Crippen LogP contribution in [0.4, 0.5) is 11.4 Å². The molecular formula is C18H13ClN2O4. The van der Waals surface area contributed by atoms with Crippen LogP contribution in [-0.4, -0.2) is 22.0 Å². The molecule has 126 valence electrons. The Labute approximate surface area is 147 Å². The Bertz CT molecular complexity index is 988. The molecule has 25 heavy (non-hydrogen) atoms. The number of hydrogen-bond donors (Lipinski definition) is 4. The summed E-state index contributed by atoms with van der Waals surface area (Å²) in [6.45, 7) is 0. The fraction of sp³-hybridized carbons (Fsp3) is 0. The minimum atomic E-state index is -0.963. The fourth-order valence-corrected chi connectivity index (χ4v) is 2.54. The molecule has 3 aromatic carbocycles. The van der Waals surface area contributed by atoms with Gasteiger partial charge in [0, 0.05) is 21.5 Å². The molecule has 0 saturated carbocycles. The molecule has 0 aliphatic heterocycles. The number of amides is 2. The number of hydrogen-bond acceptors (Lipinski definition) is 4. The molecule has 0 unspecified atom stereocenters. The molecule has 6 nitrogen and oxygen atoms in total. The number of phenols is 2. The lowest BCUT2D eigenvalue weighted by Crippen LogP contribution is -2.29. The van der Waals surface area contributed by atoms with Gasteiger partial charge in [-0.3, -0.25) is 9.59 Å². The normalized spacial score (nSPS) is 10.4. The summed E-state index contributed by atoms with van der Waals surface area (Å²) in [7, 11) is 0. The molecule has 0 saturated heterocycles. The zero-order valence-corrected chi connectivity index (χ0v) is 13.5. The monoisotopic (exact) mass is 356 g/mol. The maximum atomic E-state index is 12.1. The molecule has 0 aromatic heterocycles. The number of halogens is 1. The Morgan fingerprint density at radius 3 is 2.16 bits per heavy atom. The molecule has 0 spiro atoms. The van der Waals surface area contributed by atoms with Crippen molar-refractivity contribution in [3.63, 3.8) is 0 Å². The Morgan fingerprint density at radius 1 is 0.760 bits per heavy atom. The maximum Gasteiger partial charge on any atom is 0.314 e. The van der Waals surface area contributed by atoms with E-state index in [0.29, 0.717) is 21.5 Å². The molecule has 0 atom stereocenters. The van der Waals surface area contributed by atoms with Gasteiger partial charge >= 0.3 is 11.8 Å². The Kier molecular flexibility index (Phi) is 4.45. The average molecular weight is 357 g/mol. The molecular weight excluding hydrogens is 344 g/mol. The van der Waals surface area contributed by atoms with Gasteiger partial charge in [0.05, 0.1) is 5.69 Å². The van der Waals surface area contributed by atoms with Gasteiger partial charge in [-0.2, -0.15) is 0 Å². The summed E-state index contributed by atoms with van der Waals surface area (Å²) >= 11 is 5.80. The first kappa shape index (κ1) is 16.6. The van der Waals surface area contributed by atoms with E-state index >= 15 is 0 Å². The molecule has 3 rings (SSSR count). The highest BCUT2D eigenvalue weighted by molar-refractivity contribution is 6.44. The zero-order valence-electron chi connectivity index (χ0n) is 12.8. The lowest BCUT2D eigenvalue weighted by Gasteiger charge is -2.10. The van der Waals surface area contributed by atoms with Crippen LogP contribution in [0.25, 0.3) is 10.8 Å². The molecule has 3 aromatic rings. The van der Waals surface area contributed by atoms with E-state index in [1.165, 1.54) is 24.3 Å². The third-order valence-electron chi connectivity index (χ3n) is 3.56. The number of benzene rings is 3. The lowest BCUT2D eigenvalue weighted by atomic mass is 10.1. The minimum Gasteiger partial charge on any atom is -0.507 e. The summed E-state index contributed by atoms with van der Waals surface area (Å²) < 4.78 is 0. The molecule has 0 radical (unpaired) electrons. The van der Waals surface area contributed by atoms with Crippen LogP contribution in [0.2, 0.25) is 5.02 Å². The predicted molar refractivity (Wildman–Crippen MR) is 96.0 cm³/mol. The molecule has 0 bridgehead atoms. The van der Waals surface area contributed by atoms with Crippen LogP contribution >= 0.6 is 11.6 Å². The highest BCUT2D eigenvalue weighted by atomic mass is 35.5. The molecule has 0 aliphatic rings. The maximum absolute atomic E-state index is 12.1. The summed E-state index contributed by atoms with van der Waals surface area (Å²) in [5, 5.41) is 25.8. The van der Waals surface area contributed by atoms with E-state index in [9.17, 15) is 19.8 Å². The van der Waals surface area contributed by atoms with Gasteiger partial charge in [-0.15, -0.1) is 0 Å². The van der Waals surface area contributed by atoms with Crippen molar-refractivity contribution in [3.05, 3.63) is 59.6 Å². The van der Waals surface area contributed by atoms with Crippen molar-refractivity contribution in [2.75, 3.05) is 10.6 Å². The number of nitrogens with one attached hydrogen (secondary N) is 2. The summed E-state index contributed by atoms with van der Waals surface area (Å²) in [6.07, 6.45) is 0. The number of phenolic OH excluding ortho intramolecular Hbond substituents is 2. The van der Waals surface area contributed by atoms with Crippen molar-refractivity contribution < 1.29 is 19.8 Å². The van der Waals surface area contributed by atoms with Gasteiger partial charge in [0.15, 0.2) is 0 Å². The number of aromatic hydroxyl groups is 2. The molecule has 2 amide bonds. The minimum absolute atomic E-state index is 0.0308. The second-order valence-corrected chi connectivity index (χ2v) is 5.68. The molecule has 4 N–H and O–H groups in total. The van der Waals surface area contributed by atoms with Gasteiger partial charge in [-0.1, -0.05) is 35.9 Å². The van der Waals surface area contributed by atoms with Crippen LogP contribution in [0.3, 0.4) is 0 Å².